The highest BCUT2D eigenvalue weighted by molar-refractivity contribution is 6.05. The summed E-state index contributed by atoms with van der Waals surface area (Å²) in [7, 11) is 1.69. The Labute approximate surface area is 189 Å². The first kappa shape index (κ1) is 23.0. The van der Waals surface area contributed by atoms with Gasteiger partial charge in [0, 0.05) is 23.7 Å². The molecule has 174 valence electrons. The molecule has 2 aromatic carbocycles. The Morgan fingerprint density at radius 3 is 2.58 bits per heavy atom. The third-order valence-corrected chi connectivity index (χ3v) is 6.04. The molecule has 0 bridgehead atoms. The van der Waals surface area contributed by atoms with E-state index in [2.05, 4.69) is 15.3 Å². The highest BCUT2D eigenvalue weighted by Crippen LogP contribution is 2.41. The molecule has 0 saturated heterocycles. The van der Waals surface area contributed by atoms with Crippen molar-refractivity contribution in [3.63, 3.8) is 0 Å². The number of amides is 1. The number of halogens is 3. The number of aromatic nitrogens is 2. The number of hydrogen-bond donors (Lipinski definition) is 2. The lowest BCUT2D eigenvalue weighted by atomic mass is 9.91. The molecule has 6 nitrogen and oxygen atoms in total. The van der Waals surface area contributed by atoms with Gasteiger partial charge in [-0.25, -0.2) is 14.4 Å². The molecule has 2 heterocycles. The Kier molecular flexibility index (Phi) is 5.35. The summed E-state index contributed by atoms with van der Waals surface area (Å²) in [4.78, 5) is 22.6. The lowest BCUT2D eigenvalue weighted by Gasteiger charge is -2.30. The number of aliphatic hydroxyl groups is 1. The van der Waals surface area contributed by atoms with Crippen LogP contribution in [0, 0.1) is 12.7 Å². The number of nitrogens with one attached hydrogen (secondary N) is 1. The van der Waals surface area contributed by atoms with Crippen molar-refractivity contribution in [1.82, 2.24) is 9.97 Å². The third kappa shape index (κ3) is 3.80. The van der Waals surface area contributed by atoms with Crippen molar-refractivity contribution < 1.29 is 23.1 Å². The monoisotopic (exact) mass is 458 g/mol. The minimum absolute atomic E-state index is 0.00861. The number of rotatable bonds is 5. The van der Waals surface area contributed by atoms with Crippen LogP contribution in [-0.4, -0.2) is 33.6 Å². The summed E-state index contributed by atoms with van der Waals surface area (Å²) in [5.74, 6) is -4.04. The van der Waals surface area contributed by atoms with Crippen molar-refractivity contribution in [2.24, 2.45) is 0 Å². The van der Waals surface area contributed by atoms with Gasteiger partial charge in [-0.05, 0) is 51.5 Å². The molecule has 1 atom stereocenters. The van der Waals surface area contributed by atoms with Gasteiger partial charge in [0.05, 0.1) is 23.5 Å². The van der Waals surface area contributed by atoms with E-state index in [4.69, 9.17) is 0 Å². The van der Waals surface area contributed by atoms with Crippen molar-refractivity contribution >= 4 is 28.3 Å². The predicted octanol–water partition coefficient (Wildman–Crippen LogP) is 4.63. The number of aryl methyl sites for hydroxylation is 1. The summed E-state index contributed by atoms with van der Waals surface area (Å²) in [6, 6.07) is 6.64. The number of nitrogens with zero attached hydrogens (tertiary/aromatic N) is 3. The fourth-order valence-electron chi connectivity index (χ4n) is 4.04. The second kappa shape index (κ2) is 7.69. The van der Waals surface area contributed by atoms with Gasteiger partial charge < -0.3 is 15.3 Å². The SMILES string of the molecule is Cc1nc(N[C@H](C)c2cccc(C(F)(F)C(C)(C)O)c2F)c2cc3c(cc2n1)CC(=O)N3C. The highest BCUT2D eigenvalue weighted by atomic mass is 19.3. The summed E-state index contributed by atoms with van der Waals surface area (Å²) in [6.07, 6.45) is 0.289. The molecular weight excluding hydrogens is 433 g/mol. The summed E-state index contributed by atoms with van der Waals surface area (Å²) in [5.41, 5.74) is -1.07. The van der Waals surface area contributed by atoms with Gasteiger partial charge in [0.15, 0.2) is 0 Å². The van der Waals surface area contributed by atoms with E-state index in [1.165, 1.54) is 12.1 Å². The number of hydrogen-bond acceptors (Lipinski definition) is 5. The zero-order valence-electron chi connectivity index (χ0n) is 19.0. The van der Waals surface area contributed by atoms with Gasteiger partial charge >= 0.3 is 5.92 Å². The van der Waals surface area contributed by atoms with Gasteiger partial charge in [-0.1, -0.05) is 12.1 Å². The van der Waals surface area contributed by atoms with Gasteiger partial charge in [0.2, 0.25) is 5.91 Å². The number of carbonyl (C=O) groups is 1. The molecule has 1 aliphatic heterocycles. The number of likely N-dealkylation sites (N-methyl/N-ethyl adjacent to an activating group) is 1. The Hall–Kier alpha value is -3.20. The Bertz CT molecular complexity index is 1270. The maximum Gasteiger partial charge on any atom is 0.303 e. The number of benzene rings is 2. The molecule has 2 N–H and O–H groups in total. The molecule has 0 fully saturated rings. The molecule has 1 aromatic heterocycles. The van der Waals surface area contributed by atoms with Crippen molar-refractivity contribution in [2.45, 2.75) is 51.7 Å². The number of alkyl halides is 2. The third-order valence-electron chi connectivity index (χ3n) is 6.04. The molecule has 0 aliphatic carbocycles. The van der Waals surface area contributed by atoms with Crippen LogP contribution >= 0.6 is 0 Å². The van der Waals surface area contributed by atoms with E-state index < -0.39 is 28.9 Å². The second-order valence-electron chi connectivity index (χ2n) is 8.96. The maximum absolute atomic E-state index is 15.2. The average molecular weight is 458 g/mol. The molecule has 4 rings (SSSR count). The first-order valence-corrected chi connectivity index (χ1v) is 10.5. The Morgan fingerprint density at radius 2 is 1.91 bits per heavy atom. The molecule has 3 aromatic rings. The maximum atomic E-state index is 15.2. The summed E-state index contributed by atoms with van der Waals surface area (Å²) in [5, 5.41) is 13.6. The van der Waals surface area contributed by atoms with Crippen LogP contribution in [0.3, 0.4) is 0 Å². The molecule has 9 heteroatoms. The van der Waals surface area contributed by atoms with Crippen LogP contribution in [-0.2, 0) is 17.1 Å². The Morgan fingerprint density at radius 1 is 1.21 bits per heavy atom. The minimum Gasteiger partial charge on any atom is -0.384 e. The van der Waals surface area contributed by atoms with Crippen LogP contribution < -0.4 is 10.2 Å². The second-order valence-corrected chi connectivity index (χ2v) is 8.96. The van der Waals surface area contributed by atoms with Crippen molar-refractivity contribution in [2.75, 3.05) is 17.3 Å². The topological polar surface area (TPSA) is 78.4 Å². The first-order valence-electron chi connectivity index (χ1n) is 10.5. The molecule has 0 saturated carbocycles. The van der Waals surface area contributed by atoms with Gasteiger partial charge in [-0.2, -0.15) is 8.78 Å². The van der Waals surface area contributed by atoms with Gasteiger partial charge in [0.25, 0.3) is 0 Å². The summed E-state index contributed by atoms with van der Waals surface area (Å²) < 4.78 is 44.6. The van der Waals surface area contributed by atoms with Crippen LogP contribution in [0.2, 0.25) is 0 Å². The van der Waals surface area contributed by atoms with E-state index >= 15 is 4.39 Å². The predicted molar refractivity (Wildman–Crippen MR) is 120 cm³/mol. The molecule has 1 aliphatic rings. The zero-order chi connectivity index (χ0) is 24.3. The molecule has 1 amide bonds. The number of anilines is 2. The largest absolute Gasteiger partial charge is 0.384 e. The van der Waals surface area contributed by atoms with E-state index in [9.17, 15) is 18.7 Å². The minimum atomic E-state index is -3.79. The zero-order valence-corrected chi connectivity index (χ0v) is 19.0. The van der Waals surface area contributed by atoms with E-state index in [1.54, 1.807) is 31.9 Å². The smallest absolute Gasteiger partial charge is 0.303 e. The van der Waals surface area contributed by atoms with E-state index in [-0.39, 0.29) is 17.9 Å². The average Bonchev–Trinajstić information content (AvgIpc) is 2.98. The van der Waals surface area contributed by atoms with Gasteiger partial charge in [-0.15, -0.1) is 0 Å². The number of carbonyl (C=O) groups excluding carboxylic acids is 1. The van der Waals surface area contributed by atoms with Crippen LogP contribution in [0.1, 0.15) is 49.3 Å². The summed E-state index contributed by atoms with van der Waals surface area (Å²) >= 11 is 0. The molecule has 33 heavy (non-hydrogen) atoms. The highest BCUT2D eigenvalue weighted by Gasteiger charge is 2.49. The Balaban J connectivity index is 1.76. The van der Waals surface area contributed by atoms with Crippen molar-refractivity contribution in [3.05, 3.63) is 58.7 Å². The molecular formula is C24H25F3N4O2. The fourth-order valence-corrected chi connectivity index (χ4v) is 4.04. The van der Waals surface area contributed by atoms with E-state index in [0.717, 1.165) is 31.2 Å². The van der Waals surface area contributed by atoms with Crippen molar-refractivity contribution in [3.8, 4) is 0 Å². The van der Waals surface area contributed by atoms with Crippen LogP contribution in [0.5, 0.6) is 0 Å². The normalized spacial score (nSPS) is 15.2. The standard InChI is InChI=1S/C24H25F3N4O2/c1-12(15-7-6-8-17(21(15)25)24(26,27)23(3,4)33)28-22-16-11-19-14(10-20(32)31(19)5)9-18(16)29-13(2)30-22/h6-9,11-12,33H,10H2,1-5H3,(H,28,29,30)/t12-/m1/s1. The molecule has 0 spiro atoms. The first-order chi connectivity index (χ1) is 15.3. The fraction of sp³-hybridized carbons (Fsp3) is 0.375. The summed E-state index contributed by atoms with van der Waals surface area (Å²) in [6.45, 7) is 5.23. The molecule has 0 unspecified atom stereocenters. The van der Waals surface area contributed by atoms with Crippen LogP contribution in [0.15, 0.2) is 30.3 Å². The lowest BCUT2D eigenvalue weighted by Crippen LogP contribution is -2.41. The van der Waals surface area contributed by atoms with Gasteiger partial charge in [0.1, 0.15) is 23.1 Å². The molecule has 0 radical (unpaired) electrons. The lowest BCUT2D eigenvalue weighted by molar-refractivity contribution is -0.170. The van der Waals surface area contributed by atoms with E-state index in [0.29, 0.717) is 22.5 Å². The number of fused-ring (bicyclic) bond motifs is 2. The van der Waals surface area contributed by atoms with Crippen LogP contribution in [0.25, 0.3) is 10.9 Å². The van der Waals surface area contributed by atoms with Crippen molar-refractivity contribution in [1.29, 1.82) is 0 Å². The van der Waals surface area contributed by atoms with E-state index in [1.807, 2.05) is 6.07 Å². The van der Waals surface area contributed by atoms with Gasteiger partial charge in [-0.3, -0.25) is 4.79 Å². The quantitative estimate of drug-likeness (QED) is 0.583. The van der Waals surface area contributed by atoms with Crippen LogP contribution in [0.4, 0.5) is 24.7 Å².